The molecule has 0 heterocycles. The molecule has 5 heteroatoms. The summed E-state index contributed by atoms with van der Waals surface area (Å²) >= 11 is 0. The molecule has 0 aliphatic rings. The maximum absolute atomic E-state index is 10.9. The van der Waals surface area contributed by atoms with Crippen molar-refractivity contribution in [1.29, 1.82) is 0 Å². The molecular weight excluding hydrogens is 344 g/mol. The van der Waals surface area contributed by atoms with Crippen molar-refractivity contribution in [2.75, 3.05) is 20.3 Å². The number of carboxylic acid groups (broad SMARTS) is 1. The fraction of sp³-hybridized carbons (Fsp3) is 0.136. The molecule has 0 aromatic heterocycles. The van der Waals surface area contributed by atoms with Crippen LogP contribution in [0.3, 0.4) is 0 Å². The normalized spacial score (nSPS) is 10.9. The van der Waals surface area contributed by atoms with Crippen molar-refractivity contribution in [3.05, 3.63) is 72.3 Å². The summed E-state index contributed by atoms with van der Waals surface area (Å²) in [4.78, 5) is 10.9. The van der Waals surface area contributed by atoms with Crippen LogP contribution in [0.5, 0.6) is 17.2 Å². The van der Waals surface area contributed by atoms with Gasteiger partial charge in [-0.15, -0.1) is 0 Å². The lowest BCUT2D eigenvalue weighted by molar-refractivity contribution is -0.131. The third kappa shape index (κ3) is 4.58. The van der Waals surface area contributed by atoms with Crippen molar-refractivity contribution >= 4 is 22.8 Å². The molecule has 3 aromatic rings. The van der Waals surface area contributed by atoms with Gasteiger partial charge < -0.3 is 19.3 Å². The highest BCUT2D eigenvalue weighted by atomic mass is 16.5. The Bertz CT molecular complexity index is 962. The van der Waals surface area contributed by atoms with E-state index in [-0.39, 0.29) is 0 Å². The third-order valence-corrected chi connectivity index (χ3v) is 3.99. The molecule has 0 bridgehead atoms. The smallest absolute Gasteiger partial charge is 0.328 e. The van der Waals surface area contributed by atoms with Crippen LogP contribution in [0, 0.1) is 0 Å². The molecule has 0 unspecified atom stereocenters. The fourth-order valence-corrected chi connectivity index (χ4v) is 2.77. The van der Waals surface area contributed by atoms with Gasteiger partial charge in [0.25, 0.3) is 0 Å². The average molecular weight is 364 g/mol. The van der Waals surface area contributed by atoms with Gasteiger partial charge in [-0.25, -0.2) is 4.79 Å². The summed E-state index contributed by atoms with van der Waals surface area (Å²) in [6.45, 7) is 0.638. The van der Waals surface area contributed by atoms with E-state index in [0.717, 1.165) is 22.4 Å². The van der Waals surface area contributed by atoms with E-state index in [0.29, 0.717) is 30.5 Å². The monoisotopic (exact) mass is 364 g/mol. The first-order chi connectivity index (χ1) is 13.2. The number of rotatable bonds is 8. The second kappa shape index (κ2) is 8.76. The van der Waals surface area contributed by atoms with Crippen LogP contribution < -0.4 is 14.2 Å². The Hall–Kier alpha value is -3.47. The highest BCUT2D eigenvalue weighted by Crippen LogP contribution is 2.30. The van der Waals surface area contributed by atoms with Gasteiger partial charge in [-0.1, -0.05) is 42.5 Å². The molecular formula is C22H20O5. The van der Waals surface area contributed by atoms with E-state index in [1.807, 2.05) is 60.7 Å². The van der Waals surface area contributed by atoms with Gasteiger partial charge in [0.2, 0.25) is 0 Å². The molecule has 0 radical (unpaired) electrons. The molecule has 0 aliphatic heterocycles. The number of fused-ring (bicyclic) bond motifs is 1. The quantitative estimate of drug-likeness (QED) is 0.474. The van der Waals surface area contributed by atoms with Crippen molar-refractivity contribution in [3.8, 4) is 17.2 Å². The number of carbonyl (C=O) groups is 1. The molecule has 0 atom stereocenters. The van der Waals surface area contributed by atoms with E-state index in [9.17, 15) is 4.79 Å². The standard InChI is InChI=1S/C22H20O5/c1-25-20-8-4-5-9-21(20)27-15-14-26-19-12-10-16-6-2-3-7-17(16)18(19)11-13-22(23)24/h2-13H,14-15H2,1H3,(H,23,24). The Morgan fingerprint density at radius 2 is 1.56 bits per heavy atom. The molecule has 27 heavy (non-hydrogen) atoms. The molecule has 0 saturated heterocycles. The Morgan fingerprint density at radius 3 is 2.30 bits per heavy atom. The van der Waals surface area contributed by atoms with Crippen molar-refractivity contribution in [2.24, 2.45) is 0 Å². The van der Waals surface area contributed by atoms with Gasteiger partial charge in [-0.2, -0.15) is 0 Å². The van der Waals surface area contributed by atoms with Crippen LogP contribution in [0.4, 0.5) is 0 Å². The Balaban J connectivity index is 1.74. The van der Waals surface area contributed by atoms with Crippen LogP contribution in [0.2, 0.25) is 0 Å². The molecule has 0 saturated carbocycles. The number of carboxylic acids is 1. The maximum Gasteiger partial charge on any atom is 0.328 e. The highest BCUT2D eigenvalue weighted by Gasteiger charge is 2.08. The zero-order valence-corrected chi connectivity index (χ0v) is 14.9. The van der Waals surface area contributed by atoms with Gasteiger partial charge in [0, 0.05) is 11.6 Å². The molecule has 0 amide bonds. The predicted molar refractivity (Wildman–Crippen MR) is 105 cm³/mol. The minimum Gasteiger partial charge on any atom is -0.493 e. The second-order valence-electron chi connectivity index (χ2n) is 5.72. The number of aliphatic carboxylic acids is 1. The van der Waals surface area contributed by atoms with Crippen molar-refractivity contribution in [2.45, 2.75) is 0 Å². The topological polar surface area (TPSA) is 65.0 Å². The SMILES string of the molecule is COc1ccccc1OCCOc1ccc2ccccc2c1C=CC(=O)O. The number of ether oxygens (including phenoxy) is 3. The summed E-state index contributed by atoms with van der Waals surface area (Å²) in [6, 6.07) is 19.0. The molecule has 3 aromatic carbocycles. The zero-order chi connectivity index (χ0) is 19.1. The summed E-state index contributed by atoms with van der Waals surface area (Å²) in [7, 11) is 1.59. The molecule has 138 valence electrons. The lowest BCUT2D eigenvalue weighted by Crippen LogP contribution is -2.10. The average Bonchev–Trinajstić information content (AvgIpc) is 2.70. The molecule has 1 N–H and O–H groups in total. The summed E-state index contributed by atoms with van der Waals surface area (Å²) in [5.74, 6) is 0.907. The fourth-order valence-electron chi connectivity index (χ4n) is 2.77. The highest BCUT2D eigenvalue weighted by molar-refractivity contribution is 5.96. The third-order valence-electron chi connectivity index (χ3n) is 3.99. The minimum absolute atomic E-state index is 0.310. The van der Waals surface area contributed by atoms with Gasteiger partial charge in [0.05, 0.1) is 7.11 Å². The Labute approximate surface area is 157 Å². The Morgan fingerprint density at radius 1 is 0.889 bits per heavy atom. The van der Waals surface area contributed by atoms with Gasteiger partial charge in [0.15, 0.2) is 11.5 Å². The van der Waals surface area contributed by atoms with Gasteiger partial charge >= 0.3 is 5.97 Å². The molecule has 5 nitrogen and oxygen atoms in total. The molecule has 0 fully saturated rings. The molecule has 3 rings (SSSR count). The summed E-state index contributed by atoms with van der Waals surface area (Å²) in [6.07, 6.45) is 2.67. The van der Waals surface area contributed by atoms with Crippen molar-refractivity contribution < 1.29 is 24.1 Å². The lowest BCUT2D eigenvalue weighted by Gasteiger charge is -2.13. The maximum atomic E-state index is 10.9. The van der Waals surface area contributed by atoms with E-state index in [1.54, 1.807) is 13.2 Å². The van der Waals surface area contributed by atoms with E-state index in [1.165, 1.54) is 0 Å². The molecule has 0 aliphatic carbocycles. The van der Waals surface area contributed by atoms with Crippen LogP contribution in [0.1, 0.15) is 5.56 Å². The Kier molecular flexibility index (Phi) is 5.94. The number of hydrogen-bond donors (Lipinski definition) is 1. The predicted octanol–water partition coefficient (Wildman–Crippen LogP) is 4.40. The van der Waals surface area contributed by atoms with Gasteiger partial charge in [-0.3, -0.25) is 0 Å². The van der Waals surface area contributed by atoms with E-state index in [4.69, 9.17) is 19.3 Å². The van der Waals surface area contributed by atoms with Crippen LogP contribution in [-0.2, 0) is 4.79 Å². The zero-order valence-electron chi connectivity index (χ0n) is 14.9. The van der Waals surface area contributed by atoms with Crippen LogP contribution in [0.15, 0.2) is 66.7 Å². The van der Waals surface area contributed by atoms with Crippen molar-refractivity contribution in [1.82, 2.24) is 0 Å². The second-order valence-corrected chi connectivity index (χ2v) is 5.72. The summed E-state index contributed by atoms with van der Waals surface area (Å²) in [5, 5.41) is 10.9. The van der Waals surface area contributed by atoms with Crippen LogP contribution >= 0.6 is 0 Å². The first-order valence-electron chi connectivity index (χ1n) is 8.50. The van der Waals surface area contributed by atoms with E-state index >= 15 is 0 Å². The van der Waals surface area contributed by atoms with Crippen LogP contribution in [0.25, 0.3) is 16.8 Å². The first kappa shape index (κ1) is 18.3. The van der Waals surface area contributed by atoms with E-state index < -0.39 is 5.97 Å². The summed E-state index contributed by atoms with van der Waals surface area (Å²) in [5.41, 5.74) is 0.729. The number of methoxy groups -OCH3 is 1. The van der Waals surface area contributed by atoms with Crippen LogP contribution in [-0.4, -0.2) is 31.4 Å². The first-order valence-corrected chi connectivity index (χ1v) is 8.50. The number of benzene rings is 3. The summed E-state index contributed by atoms with van der Waals surface area (Å²) < 4.78 is 16.8. The minimum atomic E-state index is -1.01. The largest absolute Gasteiger partial charge is 0.493 e. The van der Waals surface area contributed by atoms with E-state index in [2.05, 4.69) is 0 Å². The van der Waals surface area contributed by atoms with Crippen molar-refractivity contribution in [3.63, 3.8) is 0 Å². The van der Waals surface area contributed by atoms with Gasteiger partial charge in [-0.05, 0) is 35.0 Å². The number of para-hydroxylation sites is 2. The molecule has 0 spiro atoms. The van der Waals surface area contributed by atoms with Gasteiger partial charge in [0.1, 0.15) is 19.0 Å². The lowest BCUT2D eigenvalue weighted by atomic mass is 10.0. The number of hydrogen-bond acceptors (Lipinski definition) is 4.